The topological polar surface area (TPSA) is 192 Å². The molecule has 0 saturated heterocycles. The normalized spacial score (nSPS) is 9.72. The molecule has 104 heavy (non-hydrogen) atoms. The summed E-state index contributed by atoms with van der Waals surface area (Å²) in [6, 6.07) is 104. The fourth-order valence-electron chi connectivity index (χ4n) is 6.88. The maximum absolute atomic E-state index is 10.8. The molecule has 0 bridgehead atoms. The average molecular weight is 1500 g/mol. The quantitative estimate of drug-likeness (QED) is 0.146. The SMILES string of the molecule is CC(C)(C)c1ccccc1.COC.COC.COC.COc1ccccc1.COc1ccccc1.COc1ccccc1.CS(=O)(=O)c1ccccc1.CS(=O)(=O)c1ccccc1.CS(=O)(=O)c1ccccc1.CS(=O)(=O)c1ccccc1.Cc1ccccc1.Cc1ccccc1.Cc1ccccc1. The standard InChI is InChI=1S/C10H14.4C7H8O2S.3C7H8O.3C7H8.3C2H6O/c1-10(2,3)9-7-5-4-6-8-9;4*1-10(8,9)7-5-3-2-4-6-7;3*1-8-7-5-3-2-4-6-7;3*1-7-5-3-2-4-6-7;3*1-3-2/h4-8H,1-3H3;4*2-6H,1H3;3*2-6H,1H3;3*2-6H,1H3;3*1-2H3. The second-order valence-corrected chi connectivity index (χ2v) is 30.8. The number of methoxy groups -OCH3 is 6. The molecule has 0 unspecified atom stereocenters. The van der Waals surface area contributed by atoms with Crippen LogP contribution in [0.15, 0.2) is 353 Å². The van der Waals surface area contributed by atoms with Crippen LogP contribution in [0.5, 0.6) is 17.2 Å². The Morgan fingerprint density at radius 3 is 0.413 bits per heavy atom. The first-order valence-electron chi connectivity index (χ1n) is 32.3. The van der Waals surface area contributed by atoms with Crippen molar-refractivity contribution >= 4 is 39.3 Å². The fourth-order valence-corrected chi connectivity index (χ4v) is 9.49. The monoisotopic (exact) mass is 1500 g/mol. The van der Waals surface area contributed by atoms with Crippen LogP contribution in [-0.4, -0.2) is 123 Å². The van der Waals surface area contributed by atoms with Gasteiger partial charge >= 0.3 is 0 Å². The summed E-state index contributed by atoms with van der Waals surface area (Å²) in [5.74, 6) is 2.73. The van der Waals surface area contributed by atoms with E-state index in [0.29, 0.717) is 25.0 Å². The van der Waals surface area contributed by atoms with Crippen molar-refractivity contribution in [3.63, 3.8) is 0 Å². The Kier molecular flexibility index (Phi) is 57.9. The lowest BCUT2D eigenvalue weighted by Gasteiger charge is -2.18. The minimum Gasteiger partial charge on any atom is -0.497 e. The van der Waals surface area contributed by atoms with Crippen LogP contribution in [0.3, 0.4) is 0 Å². The number of benzene rings is 11. The molecule has 0 saturated carbocycles. The van der Waals surface area contributed by atoms with Crippen LogP contribution >= 0.6 is 0 Å². The van der Waals surface area contributed by atoms with Gasteiger partial charge < -0.3 is 28.4 Å². The van der Waals surface area contributed by atoms with Gasteiger partial charge in [-0.3, -0.25) is 0 Å². The van der Waals surface area contributed by atoms with Crippen molar-refractivity contribution in [1.29, 1.82) is 0 Å². The van der Waals surface area contributed by atoms with E-state index in [1.54, 1.807) is 185 Å². The van der Waals surface area contributed by atoms with Crippen LogP contribution in [0, 0.1) is 20.8 Å². The predicted molar refractivity (Wildman–Crippen MR) is 435 cm³/mol. The molecule has 0 N–H and O–H groups in total. The Morgan fingerprint density at radius 1 is 0.212 bits per heavy atom. The van der Waals surface area contributed by atoms with Gasteiger partial charge in [-0.15, -0.1) is 0 Å². The zero-order chi connectivity index (χ0) is 79.0. The lowest BCUT2D eigenvalue weighted by molar-refractivity contribution is 0.277. The van der Waals surface area contributed by atoms with E-state index >= 15 is 0 Å². The first-order chi connectivity index (χ1) is 49.2. The van der Waals surface area contributed by atoms with Crippen LogP contribution < -0.4 is 14.2 Å². The fraction of sp³-hybridized carbons (Fsp3) is 0.233. The van der Waals surface area contributed by atoms with E-state index < -0.39 is 39.3 Å². The van der Waals surface area contributed by atoms with Gasteiger partial charge in [0.1, 0.15) is 17.2 Å². The van der Waals surface area contributed by atoms with E-state index in [1.165, 1.54) is 47.3 Å². The van der Waals surface area contributed by atoms with Crippen molar-refractivity contribution in [2.75, 3.05) is 89.0 Å². The van der Waals surface area contributed by atoms with E-state index in [2.05, 4.69) is 122 Å². The molecular weight excluding hydrogens is 1390 g/mol. The Hall–Kier alpha value is -9.50. The Labute approximate surface area is 626 Å². The summed E-state index contributed by atoms with van der Waals surface area (Å²) in [6.45, 7) is 12.9. The molecule has 0 amide bonds. The molecule has 14 nitrogen and oxygen atoms in total. The van der Waals surface area contributed by atoms with Crippen molar-refractivity contribution in [2.45, 2.75) is 66.5 Å². The number of hydrogen-bond acceptors (Lipinski definition) is 14. The minimum atomic E-state index is -3.00. The zero-order valence-electron chi connectivity index (χ0n) is 64.1. The molecule has 18 heteroatoms. The zero-order valence-corrected chi connectivity index (χ0v) is 67.4. The summed E-state index contributed by atoms with van der Waals surface area (Å²) >= 11 is 0. The average Bonchev–Trinajstić information content (AvgIpc) is 0.927. The molecule has 0 heterocycles. The first kappa shape index (κ1) is 98.7. The highest BCUT2D eigenvalue weighted by atomic mass is 32.2. The van der Waals surface area contributed by atoms with Gasteiger partial charge in [0.2, 0.25) is 0 Å². The number of sulfone groups is 4. The molecule has 11 rings (SSSR count). The number of ether oxygens (including phenoxy) is 6. The molecule has 0 aliphatic rings. The molecule has 564 valence electrons. The van der Waals surface area contributed by atoms with E-state index in [9.17, 15) is 33.7 Å². The van der Waals surface area contributed by atoms with Gasteiger partial charge in [0.05, 0.1) is 40.9 Å². The molecule has 0 fully saturated rings. The Bertz CT molecular complexity index is 3720. The summed E-state index contributed by atoms with van der Waals surface area (Å²) in [6.07, 6.45) is 4.79. The second-order valence-electron chi connectivity index (χ2n) is 22.7. The van der Waals surface area contributed by atoms with Gasteiger partial charge in [0.25, 0.3) is 0 Å². The Balaban J connectivity index is -0.00000107. The maximum atomic E-state index is 10.8. The number of rotatable bonds is 7. The van der Waals surface area contributed by atoms with Crippen molar-refractivity contribution in [3.05, 3.63) is 356 Å². The van der Waals surface area contributed by atoms with Gasteiger partial charge in [-0.05, 0) is 117 Å². The van der Waals surface area contributed by atoms with Crippen LogP contribution in [0.25, 0.3) is 0 Å². The summed E-state index contributed by atoms with van der Waals surface area (Å²) in [4.78, 5) is 1.48. The molecule has 0 radical (unpaired) electrons. The lowest BCUT2D eigenvalue weighted by Crippen LogP contribution is -2.10. The molecule has 11 aromatic rings. The van der Waals surface area contributed by atoms with Crippen molar-refractivity contribution < 1.29 is 62.1 Å². The highest BCUT2D eigenvalue weighted by molar-refractivity contribution is 7.91. The van der Waals surface area contributed by atoms with Gasteiger partial charge in [-0.2, -0.15) is 0 Å². The van der Waals surface area contributed by atoms with E-state index in [4.69, 9.17) is 14.2 Å². The largest absolute Gasteiger partial charge is 0.497 e. The maximum Gasteiger partial charge on any atom is 0.175 e. The summed E-state index contributed by atoms with van der Waals surface area (Å²) in [7, 11) is 2.72. The third-order valence-corrected chi connectivity index (χ3v) is 16.6. The highest BCUT2D eigenvalue weighted by Crippen LogP contribution is 2.21. The van der Waals surface area contributed by atoms with Gasteiger partial charge in [-0.1, -0.05) is 286 Å². The van der Waals surface area contributed by atoms with Crippen molar-refractivity contribution in [3.8, 4) is 17.2 Å². The minimum absolute atomic E-state index is 0.293. The molecular formula is C86H112O14S4. The molecule has 11 aromatic carbocycles. The van der Waals surface area contributed by atoms with Crippen LogP contribution in [0.2, 0.25) is 0 Å². The third-order valence-electron chi connectivity index (χ3n) is 12.1. The second kappa shape index (κ2) is 61.0. The molecule has 0 atom stereocenters. The smallest absolute Gasteiger partial charge is 0.175 e. The van der Waals surface area contributed by atoms with Gasteiger partial charge in [-0.25, -0.2) is 33.7 Å². The number of para-hydroxylation sites is 3. The predicted octanol–water partition coefficient (Wildman–Crippen LogP) is 19.2. The van der Waals surface area contributed by atoms with Gasteiger partial charge in [0.15, 0.2) is 39.3 Å². The molecule has 0 aromatic heterocycles. The number of aryl methyl sites for hydroxylation is 3. The van der Waals surface area contributed by atoms with E-state index in [0.717, 1.165) is 17.2 Å². The summed E-state index contributed by atoms with van der Waals surface area (Å²) < 4.78 is 114. The Morgan fingerprint density at radius 2 is 0.337 bits per heavy atom. The van der Waals surface area contributed by atoms with Crippen LogP contribution in [0.1, 0.15) is 43.0 Å². The first-order valence-corrected chi connectivity index (χ1v) is 39.9. The number of hydrogen-bond donors (Lipinski definition) is 0. The van der Waals surface area contributed by atoms with Crippen LogP contribution in [0.4, 0.5) is 0 Å². The highest BCUT2D eigenvalue weighted by Gasteiger charge is 2.11. The van der Waals surface area contributed by atoms with Crippen molar-refractivity contribution in [1.82, 2.24) is 0 Å². The van der Waals surface area contributed by atoms with Crippen LogP contribution in [-0.2, 0) is 59.0 Å². The molecule has 0 spiro atoms. The van der Waals surface area contributed by atoms with Crippen molar-refractivity contribution in [2.24, 2.45) is 0 Å². The van der Waals surface area contributed by atoms with E-state index in [1.807, 2.05) is 146 Å². The van der Waals surface area contributed by atoms with E-state index in [-0.39, 0.29) is 0 Å². The van der Waals surface area contributed by atoms with Gasteiger partial charge in [0, 0.05) is 67.7 Å². The summed E-state index contributed by atoms with van der Waals surface area (Å²) in [5.41, 5.74) is 5.66. The molecule has 0 aliphatic carbocycles. The summed E-state index contributed by atoms with van der Waals surface area (Å²) in [5, 5.41) is 0. The lowest BCUT2D eigenvalue weighted by atomic mass is 9.87. The molecule has 0 aliphatic heterocycles. The third kappa shape index (κ3) is 59.1.